The first-order chi connectivity index (χ1) is 8.84. The molecule has 1 aliphatic rings. The summed E-state index contributed by atoms with van der Waals surface area (Å²) in [5, 5.41) is 7.04. The lowest BCUT2D eigenvalue weighted by Crippen LogP contribution is -2.35. The van der Waals surface area contributed by atoms with E-state index in [-0.39, 0.29) is 12.0 Å². The van der Waals surface area contributed by atoms with Gasteiger partial charge in [-0.2, -0.15) is 5.10 Å². The first kappa shape index (κ1) is 13.1. The van der Waals surface area contributed by atoms with E-state index in [1.54, 1.807) is 6.20 Å². The van der Waals surface area contributed by atoms with E-state index in [2.05, 4.69) is 10.4 Å². The normalized spacial score (nSPS) is 19.7. The van der Waals surface area contributed by atoms with Crippen molar-refractivity contribution >= 4 is 5.91 Å². The van der Waals surface area contributed by atoms with Gasteiger partial charge in [0.1, 0.15) is 0 Å². The summed E-state index contributed by atoms with van der Waals surface area (Å²) < 4.78 is 7.41. The maximum Gasteiger partial charge on any atom is 0.220 e. The Kier molecular flexibility index (Phi) is 5.20. The van der Waals surface area contributed by atoms with E-state index < -0.39 is 0 Å². The highest BCUT2D eigenvalue weighted by Crippen LogP contribution is 2.11. The van der Waals surface area contributed by atoms with E-state index in [0.29, 0.717) is 13.0 Å². The molecule has 0 spiro atoms. The van der Waals surface area contributed by atoms with Gasteiger partial charge in [-0.05, 0) is 31.7 Å². The van der Waals surface area contributed by atoms with Crippen LogP contribution in [0.4, 0.5) is 0 Å². The number of hydrogen-bond acceptors (Lipinski definition) is 3. The molecule has 1 aliphatic heterocycles. The predicted octanol–water partition coefficient (Wildman–Crippen LogP) is 1.35. The average Bonchev–Trinajstić information content (AvgIpc) is 2.91. The molecule has 1 saturated heterocycles. The largest absolute Gasteiger partial charge is 0.376 e. The number of carbonyl (C=O) groups excluding carboxylic acids is 1. The number of carbonyl (C=O) groups is 1. The molecule has 5 heteroatoms. The van der Waals surface area contributed by atoms with Crippen LogP contribution in [0.25, 0.3) is 0 Å². The van der Waals surface area contributed by atoms with Gasteiger partial charge >= 0.3 is 0 Å². The van der Waals surface area contributed by atoms with E-state index >= 15 is 0 Å². The van der Waals surface area contributed by atoms with Crippen molar-refractivity contribution < 1.29 is 9.53 Å². The van der Waals surface area contributed by atoms with Crippen molar-refractivity contribution in [3.63, 3.8) is 0 Å². The number of amides is 1. The molecule has 0 saturated carbocycles. The van der Waals surface area contributed by atoms with Gasteiger partial charge in [-0.15, -0.1) is 0 Å². The molecule has 1 N–H and O–H groups in total. The number of nitrogens with one attached hydrogen (secondary N) is 1. The minimum Gasteiger partial charge on any atom is -0.376 e. The van der Waals surface area contributed by atoms with Crippen molar-refractivity contribution in [2.45, 2.75) is 44.8 Å². The van der Waals surface area contributed by atoms with Gasteiger partial charge in [0.2, 0.25) is 5.91 Å². The maximum absolute atomic E-state index is 11.6. The summed E-state index contributed by atoms with van der Waals surface area (Å²) in [6.45, 7) is 2.28. The Morgan fingerprint density at radius 2 is 2.44 bits per heavy atom. The van der Waals surface area contributed by atoms with Crippen molar-refractivity contribution in [1.29, 1.82) is 0 Å². The number of nitrogens with zero attached hydrogens (tertiary/aromatic N) is 2. The summed E-state index contributed by atoms with van der Waals surface area (Å²) in [6, 6.07) is 1.89. The fraction of sp³-hybridized carbons (Fsp3) is 0.692. The third kappa shape index (κ3) is 4.49. The molecule has 1 amide bonds. The molecule has 100 valence electrons. The number of aromatic nitrogens is 2. The van der Waals surface area contributed by atoms with Crippen LogP contribution in [0.2, 0.25) is 0 Å². The highest BCUT2D eigenvalue weighted by molar-refractivity contribution is 5.75. The molecule has 2 heterocycles. The molecule has 0 bridgehead atoms. The molecule has 0 aromatic carbocycles. The molecule has 0 aliphatic carbocycles. The lowest BCUT2D eigenvalue weighted by Gasteiger charge is -2.22. The molecule has 5 nitrogen and oxygen atoms in total. The summed E-state index contributed by atoms with van der Waals surface area (Å²) in [5.74, 6) is 0.108. The van der Waals surface area contributed by atoms with Crippen LogP contribution in [0.15, 0.2) is 18.5 Å². The fourth-order valence-electron chi connectivity index (χ4n) is 2.12. The number of ether oxygens (including phenoxy) is 1. The van der Waals surface area contributed by atoms with Crippen LogP contribution in [0.5, 0.6) is 0 Å². The molecule has 2 rings (SSSR count). The molecule has 0 unspecified atom stereocenters. The lowest BCUT2D eigenvalue weighted by atomic mass is 10.1. The van der Waals surface area contributed by atoms with Crippen molar-refractivity contribution in [3.8, 4) is 0 Å². The molecule has 1 aromatic heterocycles. The number of aryl methyl sites for hydroxylation is 1. The average molecular weight is 251 g/mol. The summed E-state index contributed by atoms with van der Waals surface area (Å²) in [4.78, 5) is 11.6. The second-order valence-electron chi connectivity index (χ2n) is 4.67. The zero-order valence-corrected chi connectivity index (χ0v) is 10.7. The third-order valence-electron chi connectivity index (χ3n) is 3.15. The van der Waals surface area contributed by atoms with Crippen molar-refractivity contribution in [1.82, 2.24) is 15.1 Å². The van der Waals surface area contributed by atoms with E-state index in [4.69, 9.17) is 4.74 Å². The van der Waals surface area contributed by atoms with Crippen LogP contribution in [-0.2, 0) is 16.1 Å². The maximum atomic E-state index is 11.6. The van der Waals surface area contributed by atoms with E-state index in [1.165, 1.54) is 6.42 Å². The topological polar surface area (TPSA) is 56.2 Å². The van der Waals surface area contributed by atoms with Crippen molar-refractivity contribution in [2.75, 3.05) is 13.2 Å². The van der Waals surface area contributed by atoms with Crippen LogP contribution in [0.1, 0.15) is 32.1 Å². The Bertz CT molecular complexity index is 345. The van der Waals surface area contributed by atoms with E-state index in [1.807, 2.05) is 16.9 Å². The van der Waals surface area contributed by atoms with E-state index in [0.717, 1.165) is 32.4 Å². The van der Waals surface area contributed by atoms with Crippen LogP contribution in [0.3, 0.4) is 0 Å². The van der Waals surface area contributed by atoms with Crippen LogP contribution >= 0.6 is 0 Å². The number of rotatable bonds is 6. The standard InChI is InChI=1S/C13H21N3O2/c17-13(6-3-8-16-9-4-7-15-16)14-11-12-5-1-2-10-18-12/h4,7,9,12H,1-3,5-6,8,10-11H2,(H,14,17)/t12-/m0/s1. The van der Waals surface area contributed by atoms with Gasteiger partial charge in [0.25, 0.3) is 0 Å². The SMILES string of the molecule is O=C(CCCn1cccn1)NC[C@@H]1CCCCO1. The second-order valence-corrected chi connectivity index (χ2v) is 4.67. The predicted molar refractivity (Wildman–Crippen MR) is 68.1 cm³/mol. The highest BCUT2D eigenvalue weighted by Gasteiger charge is 2.14. The summed E-state index contributed by atoms with van der Waals surface area (Å²) in [5.41, 5.74) is 0. The second kappa shape index (κ2) is 7.16. The lowest BCUT2D eigenvalue weighted by molar-refractivity contribution is -0.122. The Morgan fingerprint density at radius 3 is 3.17 bits per heavy atom. The number of hydrogen-bond donors (Lipinski definition) is 1. The van der Waals surface area contributed by atoms with Gasteiger partial charge in [0, 0.05) is 38.5 Å². The van der Waals surface area contributed by atoms with Gasteiger partial charge in [-0.3, -0.25) is 9.48 Å². The van der Waals surface area contributed by atoms with Crippen molar-refractivity contribution in [2.24, 2.45) is 0 Å². The summed E-state index contributed by atoms with van der Waals surface area (Å²) >= 11 is 0. The Hall–Kier alpha value is -1.36. The van der Waals surface area contributed by atoms with Gasteiger partial charge in [-0.1, -0.05) is 0 Å². The molecule has 1 aromatic rings. The minimum absolute atomic E-state index is 0.108. The minimum atomic E-state index is 0.108. The Labute approximate surface area is 108 Å². The zero-order valence-electron chi connectivity index (χ0n) is 10.7. The summed E-state index contributed by atoms with van der Waals surface area (Å²) in [7, 11) is 0. The third-order valence-corrected chi connectivity index (χ3v) is 3.15. The molecule has 1 fully saturated rings. The van der Waals surface area contributed by atoms with E-state index in [9.17, 15) is 4.79 Å². The smallest absolute Gasteiger partial charge is 0.220 e. The monoisotopic (exact) mass is 251 g/mol. The Morgan fingerprint density at radius 1 is 1.50 bits per heavy atom. The van der Waals surface area contributed by atoms with Gasteiger partial charge in [0.05, 0.1) is 6.10 Å². The van der Waals surface area contributed by atoms with Gasteiger partial charge < -0.3 is 10.1 Å². The first-order valence-electron chi connectivity index (χ1n) is 6.70. The quantitative estimate of drug-likeness (QED) is 0.830. The van der Waals surface area contributed by atoms with Crippen molar-refractivity contribution in [3.05, 3.63) is 18.5 Å². The highest BCUT2D eigenvalue weighted by atomic mass is 16.5. The molecular formula is C13H21N3O2. The molecular weight excluding hydrogens is 230 g/mol. The Balaban J connectivity index is 1.54. The summed E-state index contributed by atoms with van der Waals surface area (Å²) in [6.07, 6.45) is 8.66. The van der Waals surface area contributed by atoms with Gasteiger partial charge in [0.15, 0.2) is 0 Å². The van der Waals surface area contributed by atoms with Gasteiger partial charge in [-0.25, -0.2) is 0 Å². The van der Waals surface area contributed by atoms with Crippen LogP contribution in [-0.4, -0.2) is 34.9 Å². The van der Waals surface area contributed by atoms with Crippen LogP contribution in [0, 0.1) is 0 Å². The molecule has 18 heavy (non-hydrogen) atoms. The molecule has 1 atom stereocenters. The zero-order chi connectivity index (χ0) is 12.6. The van der Waals surface area contributed by atoms with Crippen LogP contribution < -0.4 is 5.32 Å². The first-order valence-corrected chi connectivity index (χ1v) is 6.70. The fourth-order valence-corrected chi connectivity index (χ4v) is 2.12. The molecule has 0 radical (unpaired) electrons.